The summed E-state index contributed by atoms with van der Waals surface area (Å²) in [6, 6.07) is 0. The van der Waals surface area contributed by atoms with Crippen LogP contribution in [0.5, 0.6) is 0 Å². The molecule has 2 N–H and O–H groups in total. The minimum absolute atomic E-state index is 0.169. The highest BCUT2D eigenvalue weighted by molar-refractivity contribution is 7.46. The molecule has 0 radical (unpaired) electrons. The van der Waals surface area contributed by atoms with E-state index in [-0.39, 0.29) is 6.54 Å². The Bertz CT molecular complexity index is 231. The fourth-order valence-electron chi connectivity index (χ4n) is 0.780. The number of phosphoric acid groups is 1. The second-order valence-electron chi connectivity index (χ2n) is 2.39. The number of phosphoric ester groups is 1. The molecule has 0 bridgehead atoms. The topological polar surface area (TPSA) is 96.2 Å². The Hall–Kier alpha value is -0.510. The largest absolute Gasteiger partial charge is 0.469 e. The molecule has 0 spiro atoms. The lowest BCUT2D eigenvalue weighted by molar-refractivity contribution is 0.125. The van der Waals surface area contributed by atoms with Crippen LogP contribution < -0.4 is 0 Å². The third-order valence-corrected chi connectivity index (χ3v) is 1.94. The molecule has 6 nitrogen and oxygen atoms in total. The van der Waals surface area contributed by atoms with E-state index in [0.717, 1.165) is 0 Å². The minimum Gasteiger partial charge on any atom is -0.303 e. The van der Waals surface area contributed by atoms with Crippen molar-refractivity contribution >= 4 is 13.9 Å². The molecular formula is C6H12NO5P. The van der Waals surface area contributed by atoms with E-state index in [0.29, 0.717) is 12.8 Å². The number of hydrogen-bond acceptors (Lipinski definition) is 4. The van der Waals surface area contributed by atoms with Gasteiger partial charge in [0, 0.05) is 0 Å². The van der Waals surface area contributed by atoms with Gasteiger partial charge in [-0.05, 0) is 12.8 Å². The summed E-state index contributed by atoms with van der Waals surface area (Å²) in [5.74, 6) is 0. The lowest BCUT2D eigenvalue weighted by atomic mass is 10.2. The Morgan fingerprint density at radius 1 is 1.62 bits per heavy atom. The van der Waals surface area contributed by atoms with E-state index in [4.69, 9.17) is 9.79 Å². The first-order valence-corrected chi connectivity index (χ1v) is 5.30. The standard InChI is InChI=1S/C6H12NO5P/c1-2-6(3-4-7-5-8)12-13(9,10)11/h6H,2-4H2,1H3,(H2,9,10,11). The van der Waals surface area contributed by atoms with Crippen molar-refractivity contribution in [1.82, 2.24) is 0 Å². The summed E-state index contributed by atoms with van der Waals surface area (Å²) in [5, 5.41) is 0. The van der Waals surface area contributed by atoms with Crippen LogP contribution in [0.1, 0.15) is 19.8 Å². The van der Waals surface area contributed by atoms with Crippen molar-refractivity contribution in [2.45, 2.75) is 25.9 Å². The zero-order valence-corrected chi connectivity index (χ0v) is 8.11. The van der Waals surface area contributed by atoms with Gasteiger partial charge in [0.05, 0.1) is 12.6 Å². The fraction of sp³-hybridized carbons (Fsp3) is 0.833. The number of nitrogens with zero attached hydrogens (tertiary/aromatic N) is 1. The van der Waals surface area contributed by atoms with E-state index in [1.165, 1.54) is 6.08 Å². The zero-order chi connectivity index (χ0) is 10.3. The molecule has 0 saturated heterocycles. The molecule has 76 valence electrons. The molecule has 0 aliphatic carbocycles. The fourth-order valence-corrected chi connectivity index (χ4v) is 1.42. The maximum absolute atomic E-state index is 10.4. The molecule has 0 fully saturated rings. The lowest BCUT2D eigenvalue weighted by Crippen LogP contribution is -2.11. The molecule has 0 saturated carbocycles. The molecule has 0 aliphatic heterocycles. The molecule has 13 heavy (non-hydrogen) atoms. The van der Waals surface area contributed by atoms with Crippen LogP contribution in [-0.2, 0) is 13.9 Å². The van der Waals surface area contributed by atoms with E-state index in [1.807, 2.05) is 0 Å². The predicted octanol–water partition coefficient (Wildman–Crippen LogP) is 0.600. The monoisotopic (exact) mass is 209 g/mol. The number of aliphatic imine (C=N–C) groups is 1. The van der Waals surface area contributed by atoms with Crippen molar-refractivity contribution in [3.8, 4) is 0 Å². The van der Waals surface area contributed by atoms with Crippen LogP contribution in [0.15, 0.2) is 4.99 Å². The third kappa shape index (κ3) is 7.84. The molecule has 0 aliphatic rings. The van der Waals surface area contributed by atoms with E-state index < -0.39 is 13.9 Å². The Balaban J connectivity index is 3.89. The first-order valence-electron chi connectivity index (χ1n) is 3.77. The first kappa shape index (κ1) is 12.5. The Morgan fingerprint density at radius 2 is 2.23 bits per heavy atom. The number of carbonyl (C=O) groups excluding carboxylic acids is 1. The molecule has 1 atom stereocenters. The van der Waals surface area contributed by atoms with Crippen molar-refractivity contribution in [3.05, 3.63) is 0 Å². The van der Waals surface area contributed by atoms with E-state index in [2.05, 4.69) is 9.52 Å². The maximum Gasteiger partial charge on any atom is 0.469 e. The van der Waals surface area contributed by atoms with Gasteiger partial charge >= 0.3 is 7.82 Å². The van der Waals surface area contributed by atoms with Gasteiger partial charge in [-0.3, -0.25) is 4.52 Å². The van der Waals surface area contributed by atoms with Gasteiger partial charge in [0.2, 0.25) is 6.08 Å². The van der Waals surface area contributed by atoms with Gasteiger partial charge in [-0.2, -0.15) is 0 Å². The number of rotatable bonds is 6. The van der Waals surface area contributed by atoms with Crippen LogP contribution in [0.25, 0.3) is 0 Å². The van der Waals surface area contributed by atoms with Crippen LogP contribution in [0.3, 0.4) is 0 Å². The predicted molar refractivity (Wildman–Crippen MR) is 44.8 cm³/mol. The van der Waals surface area contributed by atoms with Crippen molar-refractivity contribution < 1.29 is 23.7 Å². The van der Waals surface area contributed by atoms with E-state index in [9.17, 15) is 9.36 Å². The van der Waals surface area contributed by atoms with Crippen molar-refractivity contribution in [3.63, 3.8) is 0 Å². The van der Waals surface area contributed by atoms with Crippen molar-refractivity contribution in [2.75, 3.05) is 6.54 Å². The Labute approximate surface area is 75.9 Å². The third-order valence-electron chi connectivity index (χ3n) is 1.37. The van der Waals surface area contributed by atoms with Crippen molar-refractivity contribution in [2.24, 2.45) is 4.99 Å². The van der Waals surface area contributed by atoms with E-state index >= 15 is 0 Å². The van der Waals surface area contributed by atoms with Gasteiger partial charge in [-0.15, -0.1) is 0 Å². The van der Waals surface area contributed by atoms with Crippen LogP contribution in [-0.4, -0.2) is 28.5 Å². The summed E-state index contributed by atoms with van der Waals surface area (Å²) in [5.41, 5.74) is 0. The average Bonchev–Trinajstić information content (AvgIpc) is 2.01. The highest BCUT2D eigenvalue weighted by Gasteiger charge is 2.20. The van der Waals surface area contributed by atoms with Gasteiger partial charge < -0.3 is 9.79 Å². The molecule has 0 aromatic heterocycles. The SMILES string of the molecule is CCC(CCN=C=O)OP(=O)(O)O. The van der Waals surface area contributed by atoms with Crippen LogP contribution >= 0.6 is 7.82 Å². The Morgan fingerprint density at radius 3 is 2.62 bits per heavy atom. The molecule has 1 unspecified atom stereocenters. The second kappa shape index (κ2) is 6.02. The van der Waals surface area contributed by atoms with Crippen LogP contribution in [0.4, 0.5) is 0 Å². The molecule has 0 heterocycles. The molecular weight excluding hydrogens is 197 g/mol. The molecule has 0 rings (SSSR count). The first-order chi connectivity index (χ1) is 5.99. The molecule has 7 heteroatoms. The highest BCUT2D eigenvalue weighted by Crippen LogP contribution is 2.38. The van der Waals surface area contributed by atoms with Gasteiger partial charge in [0.1, 0.15) is 0 Å². The Kier molecular flexibility index (Phi) is 5.79. The maximum atomic E-state index is 10.4. The summed E-state index contributed by atoms with van der Waals surface area (Å²) in [7, 11) is -4.43. The second-order valence-corrected chi connectivity index (χ2v) is 3.58. The van der Waals surface area contributed by atoms with Gasteiger partial charge in [-0.1, -0.05) is 6.92 Å². The summed E-state index contributed by atoms with van der Waals surface area (Å²) in [4.78, 5) is 29.8. The zero-order valence-electron chi connectivity index (χ0n) is 7.21. The van der Waals surface area contributed by atoms with Crippen LogP contribution in [0, 0.1) is 0 Å². The smallest absolute Gasteiger partial charge is 0.303 e. The van der Waals surface area contributed by atoms with E-state index in [1.54, 1.807) is 6.92 Å². The average molecular weight is 209 g/mol. The van der Waals surface area contributed by atoms with Gasteiger partial charge in [-0.25, -0.2) is 14.4 Å². The van der Waals surface area contributed by atoms with Gasteiger partial charge in [0.15, 0.2) is 0 Å². The molecule has 0 amide bonds. The number of hydrogen-bond donors (Lipinski definition) is 2. The summed E-state index contributed by atoms with van der Waals surface area (Å²) in [6.45, 7) is 1.90. The summed E-state index contributed by atoms with van der Waals surface area (Å²) < 4.78 is 14.8. The normalized spacial score (nSPS) is 13.5. The minimum atomic E-state index is -4.43. The van der Waals surface area contributed by atoms with Crippen LogP contribution in [0.2, 0.25) is 0 Å². The van der Waals surface area contributed by atoms with Gasteiger partial charge in [0.25, 0.3) is 0 Å². The summed E-state index contributed by atoms with van der Waals surface area (Å²) in [6.07, 6.45) is 1.52. The quantitative estimate of drug-likeness (QED) is 0.379. The summed E-state index contributed by atoms with van der Waals surface area (Å²) >= 11 is 0. The number of isocyanates is 1. The molecule has 0 aromatic carbocycles. The lowest BCUT2D eigenvalue weighted by Gasteiger charge is -2.14. The van der Waals surface area contributed by atoms with Crippen molar-refractivity contribution in [1.29, 1.82) is 0 Å². The molecule has 0 aromatic rings. The highest BCUT2D eigenvalue weighted by atomic mass is 31.2.